The maximum Gasteiger partial charge on any atom is 0.119 e. The van der Waals surface area contributed by atoms with Crippen LogP contribution >= 0.6 is 0 Å². The van der Waals surface area contributed by atoms with Gasteiger partial charge >= 0.3 is 0 Å². The van der Waals surface area contributed by atoms with Gasteiger partial charge in [0.2, 0.25) is 0 Å². The zero-order valence-corrected chi connectivity index (χ0v) is 8.23. The van der Waals surface area contributed by atoms with E-state index in [1.54, 1.807) is 7.11 Å². The van der Waals surface area contributed by atoms with Gasteiger partial charge in [0.25, 0.3) is 0 Å². The monoisotopic (exact) mass is 194 g/mol. The average molecular weight is 194 g/mol. The van der Waals surface area contributed by atoms with Crippen molar-refractivity contribution in [3.63, 3.8) is 0 Å². The average Bonchev–Trinajstić information content (AvgIpc) is 3.02. The van der Waals surface area contributed by atoms with Gasteiger partial charge in [-0.3, -0.25) is 0 Å². The van der Waals surface area contributed by atoms with Gasteiger partial charge in [0, 0.05) is 0 Å². The molecule has 1 aliphatic rings. The third kappa shape index (κ3) is 2.72. The minimum atomic E-state index is 0.334. The molecule has 14 heavy (non-hydrogen) atoms. The quantitative estimate of drug-likeness (QED) is 0.667. The molecular formula is C11H14O3. The molecule has 0 radical (unpaired) electrons. The Kier molecular flexibility index (Phi) is 3.01. The molecule has 0 amide bonds. The van der Waals surface area contributed by atoms with Crippen LogP contribution in [0.15, 0.2) is 24.3 Å². The van der Waals surface area contributed by atoms with Crippen molar-refractivity contribution in [2.75, 3.05) is 20.3 Å². The van der Waals surface area contributed by atoms with E-state index in [1.165, 1.54) is 0 Å². The molecule has 0 spiro atoms. The maximum atomic E-state index is 5.46. The van der Waals surface area contributed by atoms with Gasteiger partial charge in [-0.2, -0.15) is 0 Å². The van der Waals surface area contributed by atoms with Gasteiger partial charge in [0.15, 0.2) is 0 Å². The Morgan fingerprint density at radius 2 is 2.36 bits per heavy atom. The number of ether oxygens (including phenoxy) is 3. The van der Waals surface area contributed by atoms with E-state index in [9.17, 15) is 0 Å². The fourth-order valence-corrected chi connectivity index (χ4v) is 1.23. The zero-order chi connectivity index (χ0) is 9.80. The Morgan fingerprint density at radius 1 is 1.50 bits per heavy atom. The molecular weight excluding hydrogens is 180 g/mol. The Hall–Kier alpha value is -1.06. The molecule has 1 atom stereocenters. The number of methoxy groups -OCH3 is 1. The second kappa shape index (κ2) is 4.44. The van der Waals surface area contributed by atoms with Gasteiger partial charge in [0.1, 0.15) is 11.9 Å². The topological polar surface area (TPSA) is 31.0 Å². The minimum absolute atomic E-state index is 0.334. The molecule has 1 aromatic rings. The van der Waals surface area contributed by atoms with Crippen LogP contribution in [-0.2, 0) is 16.1 Å². The van der Waals surface area contributed by atoms with Gasteiger partial charge in [-0.15, -0.1) is 0 Å². The lowest BCUT2D eigenvalue weighted by Gasteiger charge is -2.04. The highest BCUT2D eigenvalue weighted by Gasteiger charge is 2.22. The smallest absolute Gasteiger partial charge is 0.119 e. The van der Waals surface area contributed by atoms with Crippen molar-refractivity contribution in [3.05, 3.63) is 29.8 Å². The van der Waals surface area contributed by atoms with Crippen LogP contribution in [0.1, 0.15) is 5.56 Å². The molecule has 1 heterocycles. The number of rotatable bonds is 5. The van der Waals surface area contributed by atoms with Crippen molar-refractivity contribution < 1.29 is 14.2 Å². The first-order valence-electron chi connectivity index (χ1n) is 4.71. The van der Waals surface area contributed by atoms with Crippen LogP contribution in [0.25, 0.3) is 0 Å². The molecule has 0 N–H and O–H groups in total. The molecule has 3 heteroatoms. The fraction of sp³-hybridized carbons (Fsp3) is 0.455. The van der Waals surface area contributed by atoms with Crippen LogP contribution in [0, 0.1) is 0 Å². The third-order valence-corrected chi connectivity index (χ3v) is 2.11. The number of epoxide rings is 1. The predicted molar refractivity (Wildman–Crippen MR) is 52.4 cm³/mol. The van der Waals surface area contributed by atoms with E-state index < -0.39 is 0 Å². The molecule has 1 aliphatic heterocycles. The Morgan fingerprint density at radius 3 is 3.07 bits per heavy atom. The molecule has 0 saturated carbocycles. The second-order valence-corrected chi connectivity index (χ2v) is 3.32. The molecule has 1 aromatic carbocycles. The summed E-state index contributed by atoms with van der Waals surface area (Å²) in [6.07, 6.45) is 0.334. The summed E-state index contributed by atoms with van der Waals surface area (Å²) in [5, 5.41) is 0. The van der Waals surface area contributed by atoms with Crippen molar-refractivity contribution in [1.82, 2.24) is 0 Å². The summed E-state index contributed by atoms with van der Waals surface area (Å²) in [5.74, 6) is 0.869. The van der Waals surface area contributed by atoms with E-state index in [0.29, 0.717) is 19.3 Å². The van der Waals surface area contributed by atoms with Crippen molar-refractivity contribution in [2.24, 2.45) is 0 Å². The van der Waals surface area contributed by atoms with Crippen molar-refractivity contribution in [1.29, 1.82) is 0 Å². The summed E-state index contributed by atoms with van der Waals surface area (Å²) in [6, 6.07) is 7.89. The summed E-state index contributed by atoms with van der Waals surface area (Å²) >= 11 is 0. The van der Waals surface area contributed by atoms with Crippen molar-refractivity contribution in [2.45, 2.75) is 12.7 Å². The summed E-state index contributed by atoms with van der Waals surface area (Å²) in [7, 11) is 1.66. The highest BCUT2D eigenvalue weighted by molar-refractivity contribution is 5.27. The lowest BCUT2D eigenvalue weighted by atomic mass is 10.2. The molecule has 1 unspecified atom stereocenters. The van der Waals surface area contributed by atoms with Gasteiger partial charge < -0.3 is 14.2 Å². The lowest BCUT2D eigenvalue weighted by Crippen LogP contribution is -2.01. The van der Waals surface area contributed by atoms with Gasteiger partial charge in [-0.05, 0) is 17.7 Å². The summed E-state index contributed by atoms with van der Waals surface area (Å²) in [6.45, 7) is 2.16. The highest BCUT2D eigenvalue weighted by Crippen LogP contribution is 2.14. The molecule has 2 rings (SSSR count). The van der Waals surface area contributed by atoms with Gasteiger partial charge in [-0.1, -0.05) is 12.1 Å². The molecule has 1 fully saturated rings. The first kappa shape index (κ1) is 9.49. The minimum Gasteiger partial charge on any atom is -0.497 e. The van der Waals surface area contributed by atoms with Crippen LogP contribution in [0.3, 0.4) is 0 Å². The van der Waals surface area contributed by atoms with Crippen molar-refractivity contribution >= 4 is 0 Å². The van der Waals surface area contributed by atoms with Gasteiger partial charge in [0.05, 0.1) is 26.9 Å². The summed E-state index contributed by atoms with van der Waals surface area (Å²) in [4.78, 5) is 0. The van der Waals surface area contributed by atoms with Crippen LogP contribution < -0.4 is 4.74 Å². The first-order chi connectivity index (χ1) is 6.88. The van der Waals surface area contributed by atoms with Crippen LogP contribution in [-0.4, -0.2) is 26.4 Å². The molecule has 0 aromatic heterocycles. The predicted octanol–water partition coefficient (Wildman–Crippen LogP) is 1.61. The standard InChI is InChI=1S/C11H14O3/c1-12-10-4-2-3-9(5-10)6-13-7-11-8-14-11/h2-5,11H,6-8H2,1H3. The largest absolute Gasteiger partial charge is 0.497 e. The number of hydrogen-bond acceptors (Lipinski definition) is 3. The van der Waals surface area contributed by atoms with E-state index in [2.05, 4.69) is 0 Å². The molecule has 3 nitrogen and oxygen atoms in total. The second-order valence-electron chi connectivity index (χ2n) is 3.32. The molecule has 0 bridgehead atoms. The van der Waals surface area contributed by atoms with Crippen LogP contribution in [0.5, 0.6) is 5.75 Å². The highest BCUT2D eigenvalue weighted by atomic mass is 16.6. The lowest BCUT2D eigenvalue weighted by molar-refractivity contribution is 0.104. The normalized spacial score (nSPS) is 19.4. The summed E-state index contributed by atoms with van der Waals surface area (Å²) < 4.78 is 15.6. The van der Waals surface area contributed by atoms with Crippen LogP contribution in [0.2, 0.25) is 0 Å². The van der Waals surface area contributed by atoms with E-state index in [0.717, 1.165) is 17.9 Å². The Balaban J connectivity index is 1.81. The molecule has 1 saturated heterocycles. The van der Waals surface area contributed by atoms with E-state index in [-0.39, 0.29) is 0 Å². The van der Waals surface area contributed by atoms with Gasteiger partial charge in [-0.25, -0.2) is 0 Å². The van der Waals surface area contributed by atoms with E-state index >= 15 is 0 Å². The van der Waals surface area contributed by atoms with Crippen molar-refractivity contribution in [3.8, 4) is 5.75 Å². The molecule has 0 aliphatic carbocycles. The Bertz CT molecular complexity index is 294. The maximum absolute atomic E-state index is 5.46. The number of benzene rings is 1. The molecule has 76 valence electrons. The summed E-state index contributed by atoms with van der Waals surface area (Å²) in [5.41, 5.74) is 1.13. The van der Waals surface area contributed by atoms with E-state index in [1.807, 2.05) is 24.3 Å². The van der Waals surface area contributed by atoms with Crippen LogP contribution in [0.4, 0.5) is 0 Å². The zero-order valence-electron chi connectivity index (χ0n) is 8.23. The Labute approximate surface area is 83.6 Å². The SMILES string of the molecule is COc1cccc(COCC2CO2)c1. The third-order valence-electron chi connectivity index (χ3n) is 2.11. The van der Waals surface area contributed by atoms with E-state index in [4.69, 9.17) is 14.2 Å². The number of hydrogen-bond donors (Lipinski definition) is 0. The first-order valence-corrected chi connectivity index (χ1v) is 4.71. The fourth-order valence-electron chi connectivity index (χ4n) is 1.23.